The van der Waals surface area contributed by atoms with Crippen molar-refractivity contribution < 1.29 is 9.53 Å². The zero-order chi connectivity index (χ0) is 14.9. The molecule has 0 aromatic heterocycles. The molecule has 1 amide bonds. The van der Waals surface area contributed by atoms with Gasteiger partial charge in [0.2, 0.25) is 5.91 Å². The van der Waals surface area contributed by atoms with Crippen LogP contribution in [0, 0.1) is 0 Å². The van der Waals surface area contributed by atoms with Gasteiger partial charge in [0.25, 0.3) is 0 Å². The fraction of sp³-hybridized carbons (Fsp3) is 0.353. The maximum Gasteiger partial charge on any atom is 0.224 e. The third kappa shape index (κ3) is 6.02. The maximum atomic E-state index is 11.9. The summed E-state index contributed by atoms with van der Waals surface area (Å²) in [4.78, 5) is 11.9. The van der Waals surface area contributed by atoms with Crippen molar-refractivity contribution >= 4 is 29.1 Å². The Labute approximate surface area is 137 Å². The Hall–Kier alpha value is -1.62. The summed E-state index contributed by atoms with van der Waals surface area (Å²) in [6.07, 6.45) is 0.420. The number of halogens is 1. The van der Waals surface area contributed by atoms with Crippen molar-refractivity contribution in [1.29, 1.82) is 0 Å². The van der Waals surface area contributed by atoms with Gasteiger partial charge in [-0.2, -0.15) is 0 Å². The molecule has 2 aromatic carbocycles. The Bertz CT molecular complexity index is 590. The van der Waals surface area contributed by atoms with Crippen LogP contribution >= 0.6 is 12.4 Å². The normalized spacial score (nSPS) is 10.2. The number of carbonyl (C=O) groups excluding carboxylic acids is 1. The van der Waals surface area contributed by atoms with E-state index in [4.69, 9.17) is 4.74 Å². The molecule has 5 heteroatoms. The van der Waals surface area contributed by atoms with Gasteiger partial charge in [-0.15, -0.1) is 12.4 Å². The van der Waals surface area contributed by atoms with Gasteiger partial charge in [-0.05, 0) is 16.3 Å². The molecule has 0 spiro atoms. The van der Waals surface area contributed by atoms with Gasteiger partial charge in [0.05, 0.1) is 13.0 Å². The Morgan fingerprint density at radius 1 is 1.05 bits per heavy atom. The lowest BCUT2D eigenvalue weighted by Gasteiger charge is -2.07. The third-order valence-electron chi connectivity index (χ3n) is 3.29. The van der Waals surface area contributed by atoms with Crippen LogP contribution in [0.3, 0.4) is 0 Å². The minimum absolute atomic E-state index is 0. The monoisotopic (exact) mass is 322 g/mol. The Morgan fingerprint density at radius 3 is 2.59 bits per heavy atom. The quantitative estimate of drug-likeness (QED) is 0.732. The average molecular weight is 323 g/mol. The maximum absolute atomic E-state index is 11.9. The van der Waals surface area contributed by atoms with Crippen LogP contribution in [0.1, 0.15) is 5.56 Å². The van der Waals surface area contributed by atoms with Crippen LogP contribution in [-0.4, -0.2) is 39.3 Å². The molecule has 0 heterocycles. The molecule has 0 aliphatic rings. The molecular formula is C17H23ClN2O2. The zero-order valence-electron chi connectivity index (χ0n) is 12.8. The summed E-state index contributed by atoms with van der Waals surface area (Å²) in [5.74, 6) is 0.0545. The van der Waals surface area contributed by atoms with Gasteiger partial charge >= 0.3 is 0 Å². The van der Waals surface area contributed by atoms with Crippen molar-refractivity contribution in [3.05, 3.63) is 48.0 Å². The number of fused-ring (bicyclic) bond motifs is 1. The second-order valence-electron chi connectivity index (χ2n) is 4.95. The smallest absolute Gasteiger partial charge is 0.224 e. The van der Waals surface area contributed by atoms with Gasteiger partial charge in [0.15, 0.2) is 0 Å². The summed E-state index contributed by atoms with van der Waals surface area (Å²) >= 11 is 0. The van der Waals surface area contributed by atoms with Crippen molar-refractivity contribution in [2.45, 2.75) is 6.42 Å². The van der Waals surface area contributed by atoms with E-state index < -0.39 is 0 Å². The van der Waals surface area contributed by atoms with Crippen LogP contribution in [0.25, 0.3) is 10.8 Å². The van der Waals surface area contributed by atoms with Crippen LogP contribution in [0.15, 0.2) is 42.5 Å². The van der Waals surface area contributed by atoms with Crippen molar-refractivity contribution in [3.63, 3.8) is 0 Å². The topological polar surface area (TPSA) is 50.4 Å². The SMILES string of the molecule is COCCNCCNC(=O)Cc1ccc2ccccc2c1.Cl. The first-order valence-electron chi connectivity index (χ1n) is 7.23. The summed E-state index contributed by atoms with van der Waals surface area (Å²) in [5.41, 5.74) is 1.04. The highest BCUT2D eigenvalue weighted by atomic mass is 35.5. The van der Waals surface area contributed by atoms with E-state index in [2.05, 4.69) is 34.9 Å². The Kier molecular flexibility index (Phi) is 8.51. The molecule has 0 fully saturated rings. The lowest BCUT2D eigenvalue weighted by Crippen LogP contribution is -2.33. The summed E-state index contributed by atoms with van der Waals surface area (Å²) < 4.78 is 4.93. The molecule has 0 radical (unpaired) electrons. The van der Waals surface area contributed by atoms with Gasteiger partial charge < -0.3 is 15.4 Å². The number of carbonyl (C=O) groups is 1. The van der Waals surface area contributed by atoms with Crippen molar-refractivity contribution in [2.24, 2.45) is 0 Å². The average Bonchev–Trinajstić information content (AvgIpc) is 2.50. The van der Waals surface area contributed by atoms with E-state index in [1.807, 2.05) is 18.2 Å². The fourth-order valence-electron chi connectivity index (χ4n) is 2.19. The van der Waals surface area contributed by atoms with Gasteiger partial charge in [-0.3, -0.25) is 4.79 Å². The lowest BCUT2D eigenvalue weighted by atomic mass is 10.1. The Morgan fingerprint density at radius 2 is 1.82 bits per heavy atom. The highest BCUT2D eigenvalue weighted by Gasteiger charge is 2.03. The molecule has 0 saturated heterocycles. The predicted octanol–water partition coefficient (Wildman–Crippen LogP) is 2.16. The summed E-state index contributed by atoms with van der Waals surface area (Å²) in [6.45, 7) is 2.88. The first-order chi connectivity index (χ1) is 10.3. The molecule has 0 saturated carbocycles. The van der Waals surface area contributed by atoms with Crippen LogP contribution in [0.2, 0.25) is 0 Å². The number of methoxy groups -OCH3 is 1. The van der Waals surface area contributed by atoms with Crippen LogP contribution in [0.4, 0.5) is 0 Å². The molecule has 4 nitrogen and oxygen atoms in total. The fourth-order valence-corrected chi connectivity index (χ4v) is 2.19. The minimum atomic E-state index is 0. The molecular weight excluding hydrogens is 300 g/mol. The van der Waals surface area contributed by atoms with E-state index in [0.29, 0.717) is 19.6 Å². The predicted molar refractivity (Wildman–Crippen MR) is 92.7 cm³/mol. The number of hydrogen-bond acceptors (Lipinski definition) is 3. The van der Waals surface area contributed by atoms with Crippen molar-refractivity contribution in [3.8, 4) is 0 Å². The molecule has 0 aliphatic carbocycles. The Balaban J connectivity index is 0.00000242. The first kappa shape index (κ1) is 18.4. The number of amides is 1. The van der Waals surface area contributed by atoms with E-state index in [-0.39, 0.29) is 18.3 Å². The standard InChI is InChI=1S/C17H22N2O2.ClH/c1-21-11-10-18-8-9-19-17(20)13-14-6-7-15-4-2-3-5-16(15)12-14;/h2-7,12,18H,8-11,13H2,1H3,(H,19,20);1H. The number of benzene rings is 2. The summed E-state index contributed by atoms with van der Waals surface area (Å²) in [6, 6.07) is 14.3. The summed E-state index contributed by atoms with van der Waals surface area (Å²) in [5, 5.41) is 8.47. The minimum Gasteiger partial charge on any atom is -0.383 e. The van der Waals surface area contributed by atoms with Gasteiger partial charge in [0.1, 0.15) is 0 Å². The highest BCUT2D eigenvalue weighted by Crippen LogP contribution is 2.15. The second-order valence-corrected chi connectivity index (χ2v) is 4.95. The molecule has 0 bridgehead atoms. The molecule has 22 heavy (non-hydrogen) atoms. The van der Waals surface area contributed by atoms with Crippen molar-refractivity contribution in [1.82, 2.24) is 10.6 Å². The molecule has 0 aliphatic heterocycles. The molecule has 0 atom stereocenters. The molecule has 120 valence electrons. The second kappa shape index (κ2) is 10.2. The zero-order valence-corrected chi connectivity index (χ0v) is 13.6. The van der Waals surface area contributed by atoms with E-state index in [1.165, 1.54) is 10.8 Å². The lowest BCUT2D eigenvalue weighted by molar-refractivity contribution is -0.120. The van der Waals surface area contributed by atoms with Crippen LogP contribution in [0.5, 0.6) is 0 Å². The van der Waals surface area contributed by atoms with E-state index in [0.717, 1.165) is 18.7 Å². The third-order valence-corrected chi connectivity index (χ3v) is 3.29. The number of ether oxygens (including phenoxy) is 1. The molecule has 2 aromatic rings. The van der Waals surface area contributed by atoms with E-state index in [9.17, 15) is 4.79 Å². The van der Waals surface area contributed by atoms with E-state index >= 15 is 0 Å². The van der Waals surface area contributed by atoms with Gasteiger partial charge in [-0.1, -0.05) is 42.5 Å². The first-order valence-corrected chi connectivity index (χ1v) is 7.23. The van der Waals surface area contributed by atoms with Crippen LogP contribution in [-0.2, 0) is 16.0 Å². The van der Waals surface area contributed by atoms with E-state index in [1.54, 1.807) is 7.11 Å². The van der Waals surface area contributed by atoms with Gasteiger partial charge in [-0.25, -0.2) is 0 Å². The number of nitrogens with one attached hydrogen (secondary N) is 2. The van der Waals surface area contributed by atoms with Crippen molar-refractivity contribution in [2.75, 3.05) is 33.4 Å². The molecule has 2 N–H and O–H groups in total. The largest absolute Gasteiger partial charge is 0.383 e. The number of rotatable bonds is 8. The number of hydrogen-bond donors (Lipinski definition) is 2. The van der Waals surface area contributed by atoms with Crippen LogP contribution < -0.4 is 10.6 Å². The molecule has 2 rings (SSSR count). The summed E-state index contributed by atoms with van der Waals surface area (Å²) in [7, 11) is 1.67. The highest BCUT2D eigenvalue weighted by molar-refractivity contribution is 5.85. The molecule has 0 unspecified atom stereocenters. The van der Waals surface area contributed by atoms with Gasteiger partial charge in [0, 0.05) is 26.7 Å².